The third kappa shape index (κ3) is 17.4. The number of hydrogen-bond donors (Lipinski definition) is 3. The molecule has 6 nitrogen and oxygen atoms in total. The largest absolute Gasteiger partial charge is 0.450 e. The van der Waals surface area contributed by atoms with Crippen LogP contribution in [-0.2, 0) is 15.2 Å². The molecule has 0 heterocycles. The highest BCUT2D eigenvalue weighted by molar-refractivity contribution is 7.79. The van der Waals surface area contributed by atoms with Crippen molar-refractivity contribution in [2.75, 3.05) is 6.61 Å². The Labute approximate surface area is 76.9 Å². The Morgan fingerprint density at radius 3 is 1.57 bits per heavy atom. The number of ketones is 1. The number of rotatable bonds is 2. The topological polar surface area (TPSA) is 112 Å². The molecule has 0 aromatic heterocycles. The van der Waals surface area contributed by atoms with Gasteiger partial charge in [-0.15, -0.1) is 0 Å². The van der Waals surface area contributed by atoms with Crippen molar-refractivity contribution >= 4 is 16.2 Å². The van der Waals surface area contributed by atoms with Gasteiger partial charge in [-0.2, -0.15) is 21.6 Å². The molecule has 0 aromatic rings. The number of carbonyl (C=O) groups is 1. The molecule has 0 amide bonds. The van der Waals surface area contributed by atoms with Crippen LogP contribution >= 0.6 is 0 Å². The van der Waals surface area contributed by atoms with Crippen molar-refractivity contribution in [3.8, 4) is 0 Å². The Morgan fingerprint density at radius 2 is 1.50 bits per heavy atom. The van der Waals surface area contributed by atoms with Crippen molar-refractivity contribution in [2.45, 2.75) is 12.6 Å². The van der Waals surface area contributed by atoms with Crippen LogP contribution in [-0.4, -0.2) is 41.2 Å². The number of halogens is 3. The molecule has 0 saturated carbocycles. The smallest absolute Gasteiger partial charge is 0.396 e. The predicted octanol–water partition coefficient (Wildman–Crippen LogP) is -0.153. The van der Waals surface area contributed by atoms with Crippen LogP contribution in [0.4, 0.5) is 13.2 Å². The Morgan fingerprint density at radius 1 is 1.21 bits per heavy atom. The van der Waals surface area contributed by atoms with E-state index in [0.717, 1.165) is 0 Å². The van der Waals surface area contributed by atoms with E-state index in [-0.39, 0.29) is 0 Å². The lowest BCUT2D eigenvalue weighted by atomic mass is 10.3. The fourth-order valence-corrected chi connectivity index (χ4v) is 0.243. The summed E-state index contributed by atoms with van der Waals surface area (Å²) in [6.45, 7) is -0.752. The van der Waals surface area contributed by atoms with Crippen molar-refractivity contribution in [1.82, 2.24) is 0 Å². The van der Waals surface area contributed by atoms with Gasteiger partial charge in [0.05, 0.1) is 6.61 Å². The summed E-state index contributed by atoms with van der Waals surface area (Å²) in [6, 6.07) is 0. The third-order valence-electron chi connectivity index (χ3n) is 0.655. The van der Waals surface area contributed by atoms with Gasteiger partial charge in [-0.05, 0) is 0 Å². The van der Waals surface area contributed by atoms with E-state index in [9.17, 15) is 18.0 Å². The quantitative estimate of drug-likeness (QED) is 0.578. The summed E-state index contributed by atoms with van der Waals surface area (Å²) in [4.78, 5) is 9.78. The van der Waals surface area contributed by atoms with Crippen molar-refractivity contribution < 1.29 is 40.6 Å². The molecular formula is C4H7F3O6S. The van der Waals surface area contributed by atoms with Crippen molar-refractivity contribution in [2.24, 2.45) is 0 Å². The maximum absolute atomic E-state index is 11.2. The van der Waals surface area contributed by atoms with E-state index in [2.05, 4.69) is 0 Å². The molecule has 0 bridgehead atoms. The molecule has 0 aliphatic rings. The molecule has 0 atom stereocenters. The van der Waals surface area contributed by atoms with Gasteiger partial charge in [0.25, 0.3) is 0 Å². The number of hydrogen-bond acceptors (Lipinski definition) is 4. The second kappa shape index (κ2) is 5.90. The zero-order chi connectivity index (χ0) is 12.0. The van der Waals surface area contributed by atoms with Crippen LogP contribution in [0.25, 0.3) is 0 Å². The summed E-state index contributed by atoms with van der Waals surface area (Å²) in [6.07, 6.45) is -5.63. The second-order valence-corrected chi connectivity index (χ2v) is 2.74. The van der Waals surface area contributed by atoms with Gasteiger partial charge in [-0.3, -0.25) is 13.9 Å². The number of aliphatic hydroxyl groups is 1. The van der Waals surface area contributed by atoms with Crippen molar-refractivity contribution in [3.63, 3.8) is 0 Å². The summed E-state index contributed by atoms with van der Waals surface area (Å²) in [5.41, 5.74) is 0. The average Bonchev–Trinajstić information content (AvgIpc) is 1.81. The van der Waals surface area contributed by atoms with E-state index in [1.807, 2.05) is 0 Å². The molecule has 0 unspecified atom stereocenters. The number of carbonyl (C=O) groups excluding carboxylic acids is 1. The highest BCUT2D eigenvalue weighted by Gasteiger charge is 2.36. The molecule has 0 aromatic carbocycles. The number of Topliss-reactive ketones (excluding diaryl/α,β-unsaturated/α-hetero) is 1. The molecule has 0 saturated heterocycles. The summed E-state index contributed by atoms with van der Waals surface area (Å²) >= 11 is 0. The minimum Gasteiger partial charge on any atom is -0.396 e. The zero-order valence-corrected chi connectivity index (χ0v) is 7.34. The Kier molecular flexibility index (Phi) is 6.64. The van der Waals surface area contributed by atoms with Gasteiger partial charge < -0.3 is 5.11 Å². The van der Waals surface area contributed by atoms with Crippen LogP contribution in [0.2, 0.25) is 0 Å². The lowest BCUT2D eigenvalue weighted by Crippen LogP contribution is -2.23. The first-order valence-corrected chi connectivity index (χ1v) is 4.29. The fraction of sp³-hybridized carbons (Fsp3) is 0.750. The standard InChI is InChI=1S/C4H5F3O2.H2O4S/c5-4(6,7)3(9)1-2-8;1-5(2,3)4/h8H,1-2H2;(H2,1,2,3,4). The predicted molar refractivity (Wildman–Crippen MR) is 36.9 cm³/mol. The maximum Gasteiger partial charge on any atom is 0.450 e. The Hall–Kier alpha value is -0.710. The average molecular weight is 240 g/mol. The molecule has 0 spiro atoms. The SMILES string of the molecule is O=C(CCO)C(F)(F)F.O=S(=O)(O)O. The van der Waals surface area contributed by atoms with E-state index in [4.69, 9.17) is 22.6 Å². The Bertz CT molecular complexity index is 259. The molecule has 3 N–H and O–H groups in total. The van der Waals surface area contributed by atoms with Crippen LogP contribution in [0.5, 0.6) is 0 Å². The van der Waals surface area contributed by atoms with Gasteiger partial charge in [-0.1, -0.05) is 0 Å². The normalized spacial score (nSPS) is 11.6. The van der Waals surface area contributed by atoms with Crippen molar-refractivity contribution in [3.05, 3.63) is 0 Å². The van der Waals surface area contributed by atoms with Crippen LogP contribution in [0.1, 0.15) is 6.42 Å². The van der Waals surface area contributed by atoms with Gasteiger partial charge in [0.1, 0.15) is 0 Å². The molecule has 0 rings (SSSR count). The number of aliphatic hydroxyl groups excluding tert-OH is 1. The van der Waals surface area contributed by atoms with Gasteiger partial charge in [0.2, 0.25) is 5.78 Å². The highest BCUT2D eigenvalue weighted by atomic mass is 32.3. The highest BCUT2D eigenvalue weighted by Crippen LogP contribution is 2.16. The first-order valence-electron chi connectivity index (χ1n) is 2.89. The monoisotopic (exact) mass is 240 g/mol. The van der Waals surface area contributed by atoms with Gasteiger partial charge in [-0.25, -0.2) is 0 Å². The summed E-state index contributed by atoms with van der Waals surface area (Å²) in [5.74, 6) is -1.88. The maximum atomic E-state index is 11.2. The van der Waals surface area contributed by atoms with Crippen LogP contribution in [0.15, 0.2) is 0 Å². The van der Waals surface area contributed by atoms with Gasteiger partial charge >= 0.3 is 16.6 Å². The van der Waals surface area contributed by atoms with Crippen LogP contribution in [0.3, 0.4) is 0 Å². The summed E-state index contributed by atoms with van der Waals surface area (Å²) < 4.78 is 65.1. The van der Waals surface area contributed by atoms with E-state index >= 15 is 0 Å². The summed E-state index contributed by atoms with van der Waals surface area (Å²) in [7, 11) is -4.67. The van der Waals surface area contributed by atoms with E-state index in [0.29, 0.717) is 0 Å². The van der Waals surface area contributed by atoms with E-state index in [1.54, 1.807) is 0 Å². The molecule has 86 valence electrons. The molecule has 0 fully saturated rings. The fourth-order valence-electron chi connectivity index (χ4n) is 0.243. The van der Waals surface area contributed by atoms with E-state index < -0.39 is 35.4 Å². The van der Waals surface area contributed by atoms with Gasteiger partial charge in [0, 0.05) is 6.42 Å². The first-order chi connectivity index (χ1) is 5.98. The third-order valence-corrected chi connectivity index (χ3v) is 0.655. The van der Waals surface area contributed by atoms with E-state index in [1.165, 1.54) is 0 Å². The second-order valence-electron chi connectivity index (χ2n) is 1.84. The lowest BCUT2D eigenvalue weighted by molar-refractivity contribution is -0.171. The molecule has 10 heteroatoms. The molecule has 14 heavy (non-hydrogen) atoms. The minimum atomic E-state index is -4.79. The Balaban J connectivity index is 0. The van der Waals surface area contributed by atoms with Crippen molar-refractivity contribution in [1.29, 1.82) is 0 Å². The zero-order valence-electron chi connectivity index (χ0n) is 6.52. The van der Waals surface area contributed by atoms with Crippen LogP contribution in [0, 0.1) is 0 Å². The lowest BCUT2D eigenvalue weighted by Gasteiger charge is -2.00. The first kappa shape index (κ1) is 15.7. The van der Waals surface area contributed by atoms with Gasteiger partial charge in [0.15, 0.2) is 0 Å². The summed E-state index contributed by atoms with van der Waals surface area (Å²) in [5, 5.41) is 7.88. The molecule has 0 radical (unpaired) electrons. The molecular weight excluding hydrogens is 233 g/mol. The minimum absolute atomic E-state index is 0.752. The molecule has 0 aliphatic heterocycles. The molecule has 0 aliphatic carbocycles. The number of alkyl halides is 3. The van der Waals surface area contributed by atoms with Crippen LogP contribution < -0.4 is 0 Å².